The number of carbonyl (C=O) groups excluding carboxylic acids is 2. The summed E-state index contributed by atoms with van der Waals surface area (Å²) in [7, 11) is 0. The summed E-state index contributed by atoms with van der Waals surface area (Å²) >= 11 is 1.70. The Hall–Kier alpha value is -2.27. The van der Waals surface area contributed by atoms with Crippen molar-refractivity contribution in [3.8, 4) is 0 Å². The second-order valence-electron chi connectivity index (χ2n) is 5.38. The second kappa shape index (κ2) is 9.78. The quantitative estimate of drug-likeness (QED) is 0.572. The highest BCUT2D eigenvalue weighted by atomic mass is 32.2. The number of hydrogen-bond acceptors (Lipinski definition) is 3. The lowest BCUT2D eigenvalue weighted by molar-refractivity contribution is -0.122. The first-order valence-corrected chi connectivity index (χ1v) is 8.90. The van der Waals surface area contributed by atoms with Crippen LogP contribution in [0.5, 0.6) is 0 Å². The Morgan fingerprint density at radius 2 is 1.62 bits per heavy atom. The van der Waals surface area contributed by atoms with E-state index in [0.717, 1.165) is 11.3 Å². The van der Waals surface area contributed by atoms with Gasteiger partial charge in [0.25, 0.3) is 0 Å². The van der Waals surface area contributed by atoms with Crippen LogP contribution in [0.2, 0.25) is 0 Å². The van der Waals surface area contributed by atoms with Crippen LogP contribution in [-0.4, -0.2) is 24.1 Å². The van der Waals surface area contributed by atoms with Gasteiger partial charge in [-0.1, -0.05) is 48.5 Å². The van der Waals surface area contributed by atoms with Crippen molar-refractivity contribution in [2.24, 2.45) is 0 Å². The molecule has 5 heteroatoms. The Bertz CT molecular complexity index is 647. The summed E-state index contributed by atoms with van der Waals surface area (Å²) in [6.45, 7) is 2.06. The summed E-state index contributed by atoms with van der Waals surface area (Å²) in [6.07, 6.45) is 0.236. The topological polar surface area (TPSA) is 58.2 Å². The van der Waals surface area contributed by atoms with E-state index in [9.17, 15) is 9.59 Å². The fourth-order valence-corrected chi connectivity index (χ4v) is 3.11. The maximum absolute atomic E-state index is 12.1. The first-order chi connectivity index (χ1) is 11.6. The molecule has 4 nitrogen and oxygen atoms in total. The predicted molar refractivity (Wildman–Crippen MR) is 97.8 cm³/mol. The minimum Gasteiger partial charge on any atom is -0.355 e. The normalized spacial score (nSPS) is 11.5. The molecule has 0 aliphatic carbocycles. The van der Waals surface area contributed by atoms with E-state index in [0.29, 0.717) is 6.54 Å². The molecule has 0 saturated carbocycles. The fourth-order valence-electron chi connectivity index (χ4n) is 2.32. The van der Waals surface area contributed by atoms with Gasteiger partial charge >= 0.3 is 0 Å². The molecule has 2 aromatic carbocycles. The van der Waals surface area contributed by atoms with Crippen LogP contribution in [0.15, 0.2) is 65.6 Å². The molecule has 1 unspecified atom stereocenters. The Balaban J connectivity index is 1.79. The molecule has 0 aromatic heterocycles. The van der Waals surface area contributed by atoms with Gasteiger partial charge in [-0.15, -0.1) is 11.8 Å². The maximum Gasteiger partial charge on any atom is 0.222 e. The Labute approximate surface area is 147 Å². The van der Waals surface area contributed by atoms with Crippen molar-refractivity contribution in [1.29, 1.82) is 0 Å². The third kappa shape index (κ3) is 6.46. The number of rotatable bonds is 8. The molecule has 0 radical (unpaired) electrons. The van der Waals surface area contributed by atoms with E-state index in [2.05, 4.69) is 22.8 Å². The number of thioether (sulfide) groups is 1. The molecular formula is C19H22N2O2S. The minimum absolute atomic E-state index is 0.0636. The highest BCUT2D eigenvalue weighted by Gasteiger charge is 2.16. The average molecular weight is 342 g/mol. The van der Waals surface area contributed by atoms with Gasteiger partial charge in [0.05, 0.1) is 12.5 Å². The number of benzene rings is 2. The highest BCUT2D eigenvalue weighted by Crippen LogP contribution is 2.17. The highest BCUT2D eigenvalue weighted by molar-refractivity contribution is 7.99. The van der Waals surface area contributed by atoms with Crippen molar-refractivity contribution in [3.63, 3.8) is 0 Å². The Kier molecular flexibility index (Phi) is 7.36. The summed E-state index contributed by atoms with van der Waals surface area (Å²) in [5, 5.41) is 5.75. The SMILES string of the molecule is CC(=O)NC(CC(=O)NCCSc1ccccc1)c1ccccc1. The number of hydrogen-bond donors (Lipinski definition) is 2. The van der Waals surface area contributed by atoms with E-state index in [1.54, 1.807) is 11.8 Å². The molecule has 0 aliphatic rings. The standard InChI is InChI=1S/C19H22N2O2S/c1-15(22)21-18(16-8-4-2-5-9-16)14-19(23)20-12-13-24-17-10-6-3-7-11-17/h2-11,18H,12-14H2,1H3,(H,20,23)(H,21,22). The van der Waals surface area contributed by atoms with Crippen molar-refractivity contribution in [3.05, 3.63) is 66.2 Å². The lowest BCUT2D eigenvalue weighted by atomic mass is 10.0. The average Bonchev–Trinajstić information content (AvgIpc) is 2.59. The number of nitrogens with one attached hydrogen (secondary N) is 2. The number of carbonyl (C=O) groups is 2. The molecule has 2 aromatic rings. The van der Waals surface area contributed by atoms with E-state index in [1.807, 2.05) is 48.5 Å². The van der Waals surface area contributed by atoms with Crippen LogP contribution in [-0.2, 0) is 9.59 Å². The molecule has 0 bridgehead atoms. The first kappa shape index (κ1) is 18.1. The van der Waals surface area contributed by atoms with Gasteiger partial charge in [0, 0.05) is 24.1 Å². The molecule has 2 rings (SSSR count). The van der Waals surface area contributed by atoms with E-state index >= 15 is 0 Å². The summed E-state index contributed by atoms with van der Waals surface area (Å²) in [4.78, 5) is 24.7. The van der Waals surface area contributed by atoms with Crippen LogP contribution in [0.3, 0.4) is 0 Å². The van der Waals surface area contributed by atoms with Gasteiger partial charge in [-0.25, -0.2) is 0 Å². The zero-order valence-corrected chi connectivity index (χ0v) is 14.5. The molecule has 0 fully saturated rings. The van der Waals surface area contributed by atoms with Gasteiger partial charge in [-0.05, 0) is 17.7 Å². The third-order valence-electron chi connectivity index (χ3n) is 3.41. The van der Waals surface area contributed by atoms with E-state index in [1.165, 1.54) is 11.8 Å². The van der Waals surface area contributed by atoms with Gasteiger partial charge < -0.3 is 10.6 Å². The molecule has 0 spiro atoms. The van der Waals surface area contributed by atoms with Crippen LogP contribution >= 0.6 is 11.8 Å². The molecule has 1 atom stereocenters. The third-order valence-corrected chi connectivity index (χ3v) is 4.42. The van der Waals surface area contributed by atoms with Crippen molar-refractivity contribution in [1.82, 2.24) is 10.6 Å². The molecular weight excluding hydrogens is 320 g/mol. The van der Waals surface area contributed by atoms with Gasteiger partial charge in [0.1, 0.15) is 0 Å². The predicted octanol–water partition coefficient (Wildman–Crippen LogP) is 3.16. The van der Waals surface area contributed by atoms with Crippen LogP contribution in [0.4, 0.5) is 0 Å². The van der Waals surface area contributed by atoms with Gasteiger partial charge in [-0.3, -0.25) is 9.59 Å². The lowest BCUT2D eigenvalue weighted by Crippen LogP contribution is -2.33. The fraction of sp³-hybridized carbons (Fsp3) is 0.263. The molecule has 0 heterocycles. The van der Waals surface area contributed by atoms with Crippen molar-refractivity contribution in [2.45, 2.75) is 24.3 Å². The largest absolute Gasteiger partial charge is 0.355 e. The smallest absolute Gasteiger partial charge is 0.222 e. The van der Waals surface area contributed by atoms with Crippen LogP contribution < -0.4 is 10.6 Å². The molecule has 2 N–H and O–H groups in total. The van der Waals surface area contributed by atoms with E-state index < -0.39 is 0 Å². The summed E-state index contributed by atoms with van der Waals surface area (Å²) < 4.78 is 0. The molecule has 24 heavy (non-hydrogen) atoms. The maximum atomic E-state index is 12.1. The molecule has 2 amide bonds. The summed E-state index contributed by atoms with van der Waals surface area (Å²) in [6, 6.07) is 19.3. The van der Waals surface area contributed by atoms with Gasteiger partial charge in [0.15, 0.2) is 0 Å². The van der Waals surface area contributed by atoms with Crippen molar-refractivity contribution in [2.75, 3.05) is 12.3 Å². The Morgan fingerprint density at radius 1 is 1.00 bits per heavy atom. The minimum atomic E-state index is -0.300. The van der Waals surface area contributed by atoms with Crippen LogP contribution in [0.1, 0.15) is 24.9 Å². The number of amides is 2. The summed E-state index contributed by atoms with van der Waals surface area (Å²) in [5.74, 6) is 0.605. The molecule has 0 saturated heterocycles. The zero-order chi connectivity index (χ0) is 17.2. The van der Waals surface area contributed by atoms with E-state index in [-0.39, 0.29) is 24.3 Å². The van der Waals surface area contributed by atoms with Gasteiger partial charge in [-0.2, -0.15) is 0 Å². The molecule has 0 aliphatic heterocycles. The first-order valence-electron chi connectivity index (χ1n) is 7.92. The van der Waals surface area contributed by atoms with Crippen LogP contribution in [0.25, 0.3) is 0 Å². The molecule has 126 valence electrons. The Morgan fingerprint density at radius 3 is 2.25 bits per heavy atom. The lowest BCUT2D eigenvalue weighted by Gasteiger charge is -2.18. The summed E-state index contributed by atoms with van der Waals surface area (Å²) in [5.41, 5.74) is 0.932. The van der Waals surface area contributed by atoms with Crippen molar-refractivity contribution < 1.29 is 9.59 Å². The van der Waals surface area contributed by atoms with Crippen LogP contribution in [0, 0.1) is 0 Å². The second-order valence-corrected chi connectivity index (χ2v) is 6.55. The monoisotopic (exact) mass is 342 g/mol. The van der Waals surface area contributed by atoms with E-state index in [4.69, 9.17) is 0 Å². The zero-order valence-electron chi connectivity index (χ0n) is 13.7. The van der Waals surface area contributed by atoms with Crippen molar-refractivity contribution >= 4 is 23.6 Å². The van der Waals surface area contributed by atoms with Gasteiger partial charge in [0.2, 0.25) is 11.8 Å².